The molecule has 4 heteroatoms. The van der Waals surface area contributed by atoms with Crippen LogP contribution >= 0.6 is 0 Å². The molecule has 4 nitrogen and oxygen atoms in total. The van der Waals surface area contributed by atoms with Gasteiger partial charge >= 0.3 is 0 Å². The molecular weight excluding hydrogens is 226 g/mol. The van der Waals surface area contributed by atoms with Crippen LogP contribution in [-0.4, -0.2) is 22.6 Å². The molecule has 0 aromatic carbocycles. The van der Waals surface area contributed by atoms with Gasteiger partial charge in [0.25, 0.3) is 0 Å². The molecular formula is C14H25N3O. The van der Waals surface area contributed by atoms with Crippen molar-refractivity contribution in [2.24, 2.45) is 0 Å². The quantitative estimate of drug-likeness (QED) is 0.840. The smallest absolute Gasteiger partial charge is 0.222 e. The van der Waals surface area contributed by atoms with Crippen molar-refractivity contribution >= 4 is 5.82 Å². The molecule has 1 heterocycles. The highest BCUT2D eigenvalue weighted by Crippen LogP contribution is 2.25. The van der Waals surface area contributed by atoms with Crippen LogP contribution < -0.4 is 10.1 Å². The van der Waals surface area contributed by atoms with Crippen molar-refractivity contribution < 1.29 is 4.74 Å². The third-order valence-electron chi connectivity index (χ3n) is 2.52. The van der Waals surface area contributed by atoms with Gasteiger partial charge in [-0.05, 0) is 27.2 Å². The van der Waals surface area contributed by atoms with Crippen LogP contribution in [0.15, 0.2) is 0 Å². The summed E-state index contributed by atoms with van der Waals surface area (Å²) in [5.74, 6) is 2.71. The summed E-state index contributed by atoms with van der Waals surface area (Å²) in [5, 5.41) is 3.34. The SMILES string of the molecule is CCCNc1nc(C(C)C)nc(OC(C)C)c1C. The van der Waals surface area contributed by atoms with E-state index in [1.165, 1.54) is 0 Å². The first kappa shape index (κ1) is 14.7. The molecule has 102 valence electrons. The Morgan fingerprint density at radius 1 is 1.17 bits per heavy atom. The Morgan fingerprint density at radius 2 is 1.83 bits per heavy atom. The molecule has 0 bridgehead atoms. The molecule has 0 aliphatic carbocycles. The topological polar surface area (TPSA) is 47.0 Å². The van der Waals surface area contributed by atoms with Crippen molar-refractivity contribution in [3.63, 3.8) is 0 Å². The molecule has 0 saturated carbocycles. The molecule has 0 spiro atoms. The lowest BCUT2D eigenvalue weighted by atomic mass is 10.2. The van der Waals surface area contributed by atoms with Gasteiger partial charge in [0.05, 0.1) is 11.7 Å². The highest BCUT2D eigenvalue weighted by atomic mass is 16.5. The van der Waals surface area contributed by atoms with Gasteiger partial charge in [0.1, 0.15) is 11.6 Å². The Hall–Kier alpha value is -1.32. The van der Waals surface area contributed by atoms with Crippen LogP contribution in [0.4, 0.5) is 5.82 Å². The maximum atomic E-state index is 5.77. The van der Waals surface area contributed by atoms with Crippen LogP contribution in [-0.2, 0) is 0 Å². The molecule has 0 fully saturated rings. The molecule has 1 aromatic rings. The first-order chi connectivity index (χ1) is 8.45. The summed E-state index contributed by atoms with van der Waals surface area (Å²) < 4.78 is 5.77. The van der Waals surface area contributed by atoms with Gasteiger partial charge in [-0.25, -0.2) is 4.98 Å². The Balaban J connectivity index is 3.11. The lowest BCUT2D eigenvalue weighted by Crippen LogP contribution is -2.14. The largest absolute Gasteiger partial charge is 0.475 e. The minimum atomic E-state index is 0.123. The minimum Gasteiger partial charge on any atom is -0.475 e. The first-order valence-electron chi connectivity index (χ1n) is 6.74. The summed E-state index contributed by atoms with van der Waals surface area (Å²) in [4.78, 5) is 9.08. The van der Waals surface area contributed by atoms with Crippen LogP contribution in [0.2, 0.25) is 0 Å². The second-order valence-electron chi connectivity index (χ2n) is 5.11. The summed E-state index contributed by atoms with van der Waals surface area (Å²) in [6, 6.07) is 0. The molecule has 0 amide bonds. The van der Waals surface area contributed by atoms with Crippen LogP contribution in [0.25, 0.3) is 0 Å². The van der Waals surface area contributed by atoms with Crippen LogP contribution in [0.1, 0.15) is 58.3 Å². The highest BCUT2D eigenvalue weighted by Gasteiger charge is 2.14. The molecule has 0 aliphatic heterocycles. The average molecular weight is 251 g/mol. The van der Waals surface area contributed by atoms with Crippen molar-refractivity contribution in [3.05, 3.63) is 11.4 Å². The summed E-state index contributed by atoms with van der Waals surface area (Å²) in [6.45, 7) is 13.3. The third-order valence-corrected chi connectivity index (χ3v) is 2.52. The number of hydrogen-bond acceptors (Lipinski definition) is 4. The fourth-order valence-corrected chi connectivity index (χ4v) is 1.52. The second-order valence-corrected chi connectivity index (χ2v) is 5.11. The standard InChI is InChI=1S/C14H25N3O/c1-7-8-15-13-11(6)14(18-10(4)5)17-12(16-13)9(2)3/h9-10H,7-8H2,1-6H3,(H,15,16,17). The number of anilines is 1. The van der Waals surface area contributed by atoms with Gasteiger partial charge < -0.3 is 10.1 Å². The van der Waals surface area contributed by atoms with Gasteiger partial charge in [0.2, 0.25) is 5.88 Å². The molecule has 0 radical (unpaired) electrons. The first-order valence-corrected chi connectivity index (χ1v) is 6.74. The van der Waals surface area contributed by atoms with Crippen molar-refractivity contribution in [1.29, 1.82) is 0 Å². The summed E-state index contributed by atoms with van der Waals surface area (Å²) in [6.07, 6.45) is 1.19. The van der Waals surface area contributed by atoms with Gasteiger partial charge in [-0.2, -0.15) is 4.98 Å². The highest BCUT2D eigenvalue weighted by molar-refractivity contribution is 5.48. The zero-order chi connectivity index (χ0) is 13.7. The summed E-state index contributed by atoms with van der Waals surface area (Å²) >= 11 is 0. The lowest BCUT2D eigenvalue weighted by Gasteiger charge is -2.17. The maximum absolute atomic E-state index is 5.77. The lowest BCUT2D eigenvalue weighted by molar-refractivity contribution is 0.229. The second kappa shape index (κ2) is 6.57. The summed E-state index contributed by atoms with van der Waals surface area (Å²) in [5.41, 5.74) is 0.988. The predicted octanol–water partition coefficient (Wildman–Crippen LogP) is 3.52. The van der Waals surface area contributed by atoms with Crippen molar-refractivity contribution in [2.45, 2.75) is 60.0 Å². The molecule has 0 atom stereocenters. The van der Waals surface area contributed by atoms with E-state index in [1.807, 2.05) is 20.8 Å². The number of rotatable bonds is 6. The number of nitrogens with one attached hydrogen (secondary N) is 1. The zero-order valence-corrected chi connectivity index (χ0v) is 12.4. The average Bonchev–Trinajstić information content (AvgIpc) is 2.29. The van der Waals surface area contributed by atoms with Crippen LogP contribution in [0.3, 0.4) is 0 Å². The van der Waals surface area contributed by atoms with Crippen LogP contribution in [0, 0.1) is 6.92 Å². The number of ether oxygens (including phenoxy) is 1. The van der Waals surface area contributed by atoms with Gasteiger partial charge in [0.15, 0.2) is 0 Å². The van der Waals surface area contributed by atoms with Crippen molar-refractivity contribution in [2.75, 3.05) is 11.9 Å². The molecule has 1 rings (SSSR count). The van der Waals surface area contributed by atoms with Crippen molar-refractivity contribution in [1.82, 2.24) is 9.97 Å². The van der Waals surface area contributed by atoms with Gasteiger partial charge in [-0.15, -0.1) is 0 Å². The molecule has 1 aromatic heterocycles. The Kier molecular flexibility index (Phi) is 5.38. The fourth-order valence-electron chi connectivity index (χ4n) is 1.52. The van der Waals surface area contributed by atoms with Crippen molar-refractivity contribution in [3.8, 4) is 5.88 Å². The molecule has 18 heavy (non-hydrogen) atoms. The fraction of sp³-hybridized carbons (Fsp3) is 0.714. The van der Waals surface area contributed by atoms with E-state index in [4.69, 9.17) is 4.74 Å². The van der Waals surface area contributed by atoms with E-state index in [0.717, 1.165) is 30.2 Å². The van der Waals surface area contributed by atoms with Crippen LogP contribution in [0.5, 0.6) is 5.88 Å². The zero-order valence-electron chi connectivity index (χ0n) is 12.4. The van der Waals surface area contributed by atoms with Gasteiger partial charge in [0, 0.05) is 12.5 Å². The third kappa shape index (κ3) is 3.86. The number of aromatic nitrogens is 2. The van der Waals surface area contributed by atoms with E-state index < -0.39 is 0 Å². The van der Waals surface area contributed by atoms with E-state index in [9.17, 15) is 0 Å². The monoisotopic (exact) mass is 251 g/mol. The Labute approximate surface area is 110 Å². The van der Waals surface area contributed by atoms with Gasteiger partial charge in [-0.3, -0.25) is 0 Å². The van der Waals surface area contributed by atoms with E-state index >= 15 is 0 Å². The molecule has 0 aliphatic rings. The molecule has 1 N–H and O–H groups in total. The van der Waals surface area contributed by atoms with Gasteiger partial charge in [-0.1, -0.05) is 20.8 Å². The Morgan fingerprint density at radius 3 is 2.33 bits per heavy atom. The van der Waals surface area contributed by atoms with E-state index in [0.29, 0.717) is 11.8 Å². The number of hydrogen-bond donors (Lipinski definition) is 1. The van der Waals surface area contributed by atoms with E-state index in [1.54, 1.807) is 0 Å². The predicted molar refractivity (Wildman–Crippen MR) is 75.4 cm³/mol. The number of nitrogens with zero attached hydrogens (tertiary/aromatic N) is 2. The van der Waals surface area contributed by atoms with E-state index in [2.05, 4.69) is 36.1 Å². The Bertz CT molecular complexity index is 389. The summed E-state index contributed by atoms with van der Waals surface area (Å²) in [7, 11) is 0. The molecule has 0 saturated heterocycles. The van der Waals surface area contributed by atoms with E-state index in [-0.39, 0.29) is 6.10 Å². The normalized spacial score (nSPS) is 11.1. The molecule has 0 unspecified atom stereocenters. The maximum Gasteiger partial charge on any atom is 0.222 e. The minimum absolute atomic E-state index is 0.123.